The van der Waals surface area contributed by atoms with Crippen LogP contribution in [0.15, 0.2) is 29.2 Å². The SMILES string of the molecule is COC[C@H](C)N1Cc2c(n(CC(=O)Nc3ccc(F)cn3)c3cc(C4CC4)nn3c2=O)C1=O. The first-order chi connectivity index (χ1) is 15.9. The zero-order valence-electron chi connectivity index (χ0n) is 18.2. The van der Waals surface area contributed by atoms with E-state index in [9.17, 15) is 18.8 Å². The molecule has 10 nitrogen and oxygen atoms in total. The molecule has 0 spiro atoms. The molecule has 1 saturated carbocycles. The van der Waals surface area contributed by atoms with Gasteiger partial charge in [-0.3, -0.25) is 14.4 Å². The van der Waals surface area contributed by atoms with Crippen molar-refractivity contribution in [3.8, 4) is 0 Å². The van der Waals surface area contributed by atoms with Crippen molar-refractivity contribution in [3.63, 3.8) is 0 Å². The molecule has 1 aliphatic heterocycles. The number of hydrogen-bond acceptors (Lipinski definition) is 6. The lowest BCUT2D eigenvalue weighted by molar-refractivity contribution is -0.116. The smallest absolute Gasteiger partial charge is 0.280 e. The fourth-order valence-electron chi connectivity index (χ4n) is 4.20. The largest absolute Gasteiger partial charge is 0.383 e. The second kappa shape index (κ2) is 8.07. The minimum atomic E-state index is -0.518. The number of nitrogens with one attached hydrogen (secondary N) is 1. The first-order valence-electron chi connectivity index (χ1n) is 10.7. The maximum atomic E-state index is 13.4. The second-order valence-corrected chi connectivity index (χ2v) is 8.48. The van der Waals surface area contributed by atoms with E-state index in [0.717, 1.165) is 24.7 Å². The van der Waals surface area contributed by atoms with E-state index in [1.165, 1.54) is 21.2 Å². The summed E-state index contributed by atoms with van der Waals surface area (Å²) in [7, 11) is 1.55. The molecule has 0 bridgehead atoms. The molecule has 1 fully saturated rings. The molecular formula is C22H23FN6O4. The molecule has 11 heteroatoms. The molecule has 3 aromatic rings. The van der Waals surface area contributed by atoms with Crippen molar-refractivity contribution in [3.05, 3.63) is 57.5 Å². The van der Waals surface area contributed by atoms with Crippen LogP contribution in [0.5, 0.6) is 0 Å². The van der Waals surface area contributed by atoms with Crippen molar-refractivity contribution in [2.45, 2.75) is 44.8 Å². The summed E-state index contributed by atoms with van der Waals surface area (Å²) >= 11 is 0. The van der Waals surface area contributed by atoms with Crippen LogP contribution >= 0.6 is 0 Å². The molecule has 0 radical (unpaired) electrons. The average Bonchev–Trinajstić information content (AvgIpc) is 3.44. The standard InChI is InChI=1S/C22H23FN6O4/c1-12(11-33-2)27-9-15-20(22(27)32)28(10-18(30)25-17-6-5-14(23)8-24-17)19-7-16(13-3-4-13)26-29(19)21(15)31/h5-8,12-13H,3-4,9-11H2,1-2H3,(H,24,25,30)/t12-/m0/s1. The van der Waals surface area contributed by atoms with Crippen LogP contribution < -0.4 is 10.9 Å². The van der Waals surface area contributed by atoms with Crippen LogP contribution in [0.2, 0.25) is 0 Å². The summed E-state index contributed by atoms with van der Waals surface area (Å²) in [5.41, 5.74) is 1.29. The zero-order chi connectivity index (χ0) is 23.3. The van der Waals surface area contributed by atoms with Crippen molar-refractivity contribution in [1.29, 1.82) is 0 Å². The number of ether oxygens (including phenoxy) is 1. The normalized spacial score (nSPS) is 16.3. The summed E-state index contributed by atoms with van der Waals surface area (Å²) in [4.78, 5) is 44.9. The van der Waals surface area contributed by atoms with E-state index in [2.05, 4.69) is 15.4 Å². The van der Waals surface area contributed by atoms with Gasteiger partial charge in [0.2, 0.25) is 5.91 Å². The Labute approximate surface area is 188 Å². The lowest BCUT2D eigenvalue weighted by Crippen LogP contribution is -2.37. The van der Waals surface area contributed by atoms with E-state index < -0.39 is 11.7 Å². The highest BCUT2D eigenvalue weighted by atomic mass is 19.1. The van der Waals surface area contributed by atoms with E-state index in [0.29, 0.717) is 23.7 Å². The third-order valence-corrected chi connectivity index (χ3v) is 6.02. The molecule has 3 aromatic heterocycles. The first kappa shape index (κ1) is 21.3. The molecule has 2 aliphatic rings. The van der Waals surface area contributed by atoms with Gasteiger partial charge in [0, 0.05) is 19.1 Å². The number of rotatable bonds is 7. The lowest BCUT2D eigenvalue weighted by atomic mass is 10.2. The summed E-state index contributed by atoms with van der Waals surface area (Å²) in [6.07, 6.45) is 2.99. The van der Waals surface area contributed by atoms with Crippen molar-refractivity contribution in [2.24, 2.45) is 0 Å². The zero-order valence-corrected chi connectivity index (χ0v) is 18.2. The van der Waals surface area contributed by atoms with Crippen molar-refractivity contribution >= 4 is 23.3 Å². The molecule has 172 valence electrons. The van der Waals surface area contributed by atoms with Gasteiger partial charge in [0.15, 0.2) is 0 Å². The van der Waals surface area contributed by atoms with Gasteiger partial charge < -0.3 is 19.5 Å². The molecule has 4 heterocycles. The van der Waals surface area contributed by atoms with Crippen molar-refractivity contribution in [2.75, 3.05) is 19.0 Å². The Morgan fingerprint density at radius 3 is 2.79 bits per heavy atom. The van der Waals surface area contributed by atoms with Crippen LogP contribution in [0.4, 0.5) is 10.2 Å². The maximum Gasteiger partial charge on any atom is 0.280 e. The third kappa shape index (κ3) is 3.78. The molecule has 1 N–H and O–H groups in total. The summed E-state index contributed by atoms with van der Waals surface area (Å²) < 4.78 is 21.1. The highest BCUT2D eigenvalue weighted by Crippen LogP contribution is 2.39. The molecule has 5 rings (SSSR count). The molecule has 2 amide bonds. The number of nitrogens with zero attached hydrogens (tertiary/aromatic N) is 5. The van der Waals surface area contributed by atoms with Crippen LogP contribution in [0.1, 0.15) is 47.4 Å². The van der Waals surface area contributed by atoms with E-state index in [1.807, 2.05) is 6.92 Å². The summed E-state index contributed by atoms with van der Waals surface area (Å²) in [6, 6.07) is 4.06. The lowest BCUT2D eigenvalue weighted by Gasteiger charge is -2.23. The average molecular weight is 454 g/mol. The first-order valence-corrected chi connectivity index (χ1v) is 10.7. The Bertz CT molecular complexity index is 1310. The Hall–Kier alpha value is -3.60. The highest BCUT2D eigenvalue weighted by molar-refractivity contribution is 5.98. The third-order valence-electron chi connectivity index (χ3n) is 6.02. The van der Waals surface area contributed by atoms with Gasteiger partial charge >= 0.3 is 0 Å². The minimum Gasteiger partial charge on any atom is -0.383 e. The summed E-state index contributed by atoms with van der Waals surface area (Å²) in [5, 5.41) is 7.10. The number of carbonyl (C=O) groups is 2. The van der Waals surface area contributed by atoms with Gasteiger partial charge in [-0.25, -0.2) is 9.37 Å². The van der Waals surface area contributed by atoms with Gasteiger partial charge in [-0.1, -0.05) is 0 Å². The number of aromatic nitrogens is 4. The van der Waals surface area contributed by atoms with E-state index in [4.69, 9.17) is 4.74 Å². The summed E-state index contributed by atoms with van der Waals surface area (Å²) in [6.45, 7) is 2.03. The molecule has 1 atom stereocenters. The monoisotopic (exact) mass is 454 g/mol. The van der Waals surface area contributed by atoms with Crippen LogP contribution in [0, 0.1) is 5.82 Å². The number of amides is 2. The van der Waals surface area contributed by atoms with E-state index in [1.54, 1.807) is 18.1 Å². The van der Waals surface area contributed by atoms with Gasteiger partial charge in [0.05, 0.1) is 36.6 Å². The van der Waals surface area contributed by atoms with Gasteiger partial charge in [-0.15, -0.1) is 0 Å². The topological polar surface area (TPSA) is 111 Å². The molecule has 0 aromatic carbocycles. The number of methoxy groups -OCH3 is 1. The van der Waals surface area contributed by atoms with E-state index in [-0.39, 0.29) is 42.1 Å². The molecular weight excluding hydrogens is 431 g/mol. The fraction of sp³-hybridized carbons (Fsp3) is 0.409. The molecule has 0 saturated heterocycles. The molecule has 33 heavy (non-hydrogen) atoms. The predicted octanol–water partition coefficient (Wildman–Crippen LogP) is 1.54. The summed E-state index contributed by atoms with van der Waals surface area (Å²) in [5.74, 6) is -0.846. The predicted molar refractivity (Wildman–Crippen MR) is 115 cm³/mol. The Morgan fingerprint density at radius 1 is 1.33 bits per heavy atom. The van der Waals surface area contributed by atoms with Crippen LogP contribution in [-0.4, -0.2) is 55.6 Å². The van der Waals surface area contributed by atoms with Crippen LogP contribution in [-0.2, 0) is 22.6 Å². The van der Waals surface area contributed by atoms with Crippen molar-refractivity contribution < 1.29 is 18.7 Å². The molecule has 0 unspecified atom stereocenters. The molecule has 1 aliphatic carbocycles. The van der Waals surface area contributed by atoms with Gasteiger partial charge in [-0.2, -0.15) is 9.61 Å². The number of hydrogen-bond donors (Lipinski definition) is 1. The highest BCUT2D eigenvalue weighted by Gasteiger charge is 2.38. The second-order valence-electron chi connectivity index (χ2n) is 8.48. The number of halogens is 1. The van der Waals surface area contributed by atoms with E-state index >= 15 is 0 Å². The van der Waals surface area contributed by atoms with Crippen LogP contribution in [0.3, 0.4) is 0 Å². The number of fused-ring (bicyclic) bond motifs is 2. The maximum absolute atomic E-state index is 13.4. The minimum absolute atomic E-state index is 0.118. The fourth-order valence-corrected chi connectivity index (χ4v) is 4.20. The van der Waals surface area contributed by atoms with Gasteiger partial charge in [0.1, 0.15) is 29.5 Å². The van der Waals surface area contributed by atoms with Gasteiger partial charge in [-0.05, 0) is 31.9 Å². The Morgan fingerprint density at radius 2 is 2.12 bits per heavy atom. The Balaban J connectivity index is 1.57. The Kier molecular flexibility index (Phi) is 5.20. The number of pyridine rings is 1. The quantitative estimate of drug-likeness (QED) is 0.580. The van der Waals surface area contributed by atoms with Crippen molar-refractivity contribution in [1.82, 2.24) is 24.1 Å². The van der Waals surface area contributed by atoms with Crippen LogP contribution in [0.25, 0.3) is 5.65 Å². The number of carbonyl (C=O) groups excluding carboxylic acids is 2. The number of anilines is 1. The van der Waals surface area contributed by atoms with Gasteiger partial charge in [0.25, 0.3) is 11.5 Å².